The molecule has 5 rings (SSSR count). The van der Waals surface area contributed by atoms with Gasteiger partial charge in [-0.05, 0) is 30.3 Å². The van der Waals surface area contributed by atoms with E-state index in [4.69, 9.17) is 39.5 Å². The summed E-state index contributed by atoms with van der Waals surface area (Å²) in [5.74, 6) is -0.275. The number of aryl methyl sites for hydroxylation is 1. The van der Waals surface area contributed by atoms with Crippen LogP contribution in [-0.4, -0.2) is 51.5 Å². The lowest BCUT2D eigenvalue weighted by Crippen LogP contribution is -2.42. The van der Waals surface area contributed by atoms with Gasteiger partial charge in [0, 0.05) is 46.0 Å². The molecule has 32 heavy (non-hydrogen) atoms. The van der Waals surface area contributed by atoms with E-state index in [1.807, 2.05) is 0 Å². The number of fused-ring (bicyclic) bond motifs is 3. The zero-order valence-corrected chi connectivity index (χ0v) is 19.2. The highest BCUT2D eigenvalue weighted by Crippen LogP contribution is 2.31. The molecule has 1 aliphatic heterocycles. The zero-order valence-electron chi connectivity index (χ0n) is 16.9. The highest BCUT2D eigenvalue weighted by molar-refractivity contribution is 6.35. The van der Waals surface area contributed by atoms with Crippen molar-refractivity contribution >= 4 is 62.5 Å². The quantitative estimate of drug-likeness (QED) is 0.419. The van der Waals surface area contributed by atoms with Gasteiger partial charge in [-0.2, -0.15) is 9.78 Å². The molecule has 1 saturated heterocycles. The summed E-state index contributed by atoms with van der Waals surface area (Å²) >= 11 is 18.6. The first-order valence-corrected chi connectivity index (χ1v) is 11.0. The first-order valence-electron chi connectivity index (χ1n) is 9.89. The number of ether oxygens (including phenoxy) is 1. The van der Waals surface area contributed by atoms with Crippen molar-refractivity contribution in [2.75, 3.05) is 26.3 Å². The van der Waals surface area contributed by atoms with Crippen LogP contribution in [0.2, 0.25) is 15.1 Å². The van der Waals surface area contributed by atoms with Gasteiger partial charge in [0.2, 0.25) is 0 Å². The predicted octanol–water partition coefficient (Wildman–Crippen LogP) is 4.31. The Balaban J connectivity index is 1.88. The molecular weight excluding hydrogens is 475 g/mol. The molecule has 0 radical (unpaired) electrons. The number of hydrogen-bond acceptors (Lipinski definition) is 4. The summed E-state index contributed by atoms with van der Waals surface area (Å²) in [5, 5.41) is 6.97. The molecule has 0 N–H and O–H groups in total. The van der Waals surface area contributed by atoms with Crippen molar-refractivity contribution in [2.45, 2.75) is 0 Å². The van der Waals surface area contributed by atoms with Gasteiger partial charge < -0.3 is 14.2 Å². The molecule has 2 aromatic carbocycles. The highest BCUT2D eigenvalue weighted by atomic mass is 35.5. The second kappa shape index (κ2) is 8.08. The number of rotatable bonds is 2. The molecule has 1 fully saturated rings. The highest BCUT2D eigenvalue weighted by Gasteiger charge is 2.27. The van der Waals surface area contributed by atoms with Gasteiger partial charge in [0.05, 0.1) is 24.4 Å². The molecule has 7 nitrogen and oxygen atoms in total. The average Bonchev–Trinajstić information content (AvgIpc) is 3.06. The maximum absolute atomic E-state index is 13.6. The largest absolute Gasteiger partial charge is 0.378 e. The van der Waals surface area contributed by atoms with E-state index in [-0.39, 0.29) is 11.6 Å². The van der Waals surface area contributed by atoms with Gasteiger partial charge in [0.15, 0.2) is 5.69 Å². The minimum atomic E-state index is -0.397. The van der Waals surface area contributed by atoms with Crippen molar-refractivity contribution in [1.82, 2.24) is 19.2 Å². The molecule has 0 unspecified atom stereocenters. The number of carbonyl (C=O) groups excluding carboxylic acids is 1. The summed E-state index contributed by atoms with van der Waals surface area (Å²) in [6, 6.07) is 10.0. The van der Waals surface area contributed by atoms with Gasteiger partial charge in [-0.1, -0.05) is 40.9 Å². The summed E-state index contributed by atoms with van der Waals surface area (Å²) in [6.45, 7) is 1.79. The van der Waals surface area contributed by atoms with Crippen LogP contribution in [0.1, 0.15) is 10.5 Å². The lowest BCUT2D eigenvalue weighted by Gasteiger charge is -2.26. The van der Waals surface area contributed by atoms with Crippen molar-refractivity contribution in [3.8, 4) is 5.69 Å². The van der Waals surface area contributed by atoms with Crippen molar-refractivity contribution in [3.63, 3.8) is 0 Å². The van der Waals surface area contributed by atoms with Crippen LogP contribution in [0.3, 0.4) is 0 Å². The fraction of sp³-hybridized carbons (Fsp3) is 0.227. The molecule has 164 valence electrons. The number of amides is 1. The van der Waals surface area contributed by atoms with Crippen molar-refractivity contribution in [3.05, 3.63) is 67.5 Å². The molecule has 1 aliphatic rings. The fourth-order valence-corrected chi connectivity index (χ4v) is 4.78. The van der Waals surface area contributed by atoms with Crippen LogP contribution >= 0.6 is 34.8 Å². The third kappa shape index (κ3) is 3.46. The van der Waals surface area contributed by atoms with E-state index < -0.39 is 5.56 Å². The Hall–Kier alpha value is -2.58. The number of carbonyl (C=O) groups is 1. The van der Waals surface area contributed by atoms with E-state index in [0.29, 0.717) is 58.0 Å². The lowest BCUT2D eigenvalue weighted by atomic mass is 10.1. The first-order chi connectivity index (χ1) is 15.3. The molecule has 2 aromatic heterocycles. The number of aromatic nitrogens is 3. The lowest BCUT2D eigenvalue weighted by molar-refractivity contribution is 0.0299. The average molecular weight is 492 g/mol. The van der Waals surface area contributed by atoms with E-state index in [9.17, 15) is 9.59 Å². The van der Waals surface area contributed by atoms with Crippen LogP contribution in [0.4, 0.5) is 0 Å². The molecule has 0 spiro atoms. The number of hydrogen-bond donors (Lipinski definition) is 0. The zero-order chi connectivity index (χ0) is 22.6. The number of benzene rings is 2. The van der Waals surface area contributed by atoms with Crippen LogP contribution in [-0.2, 0) is 11.8 Å². The number of nitrogens with zero attached hydrogens (tertiary/aromatic N) is 4. The number of halogens is 3. The normalized spacial score (nSPS) is 14.4. The minimum absolute atomic E-state index is 0.172. The van der Waals surface area contributed by atoms with Gasteiger partial charge in [0.1, 0.15) is 5.52 Å². The van der Waals surface area contributed by atoms with Gasteiger partial charge in [-0.3, -0.25) is 9.59 Å². The maximum Gasteiger partial charge on any atom is 0.296 e. The Bertz CT molecular complexity index is 1430. The van der Waals surface area contributed by atoms with Crippen molar-refractivity contribution in [2.24, 2.45) is 7.05 Å². The second-order valence-corrected chi connectivity index (χ2v) is 8.85. The molecule has 1 amide bonds. The number of morpholine rings is 1. The van der Waals surface area contributed by atoms with Gasteiger partial charge in [0.25, 0.3) is 11.5 Å². The summed E-state index contributed by atoms with van der Waals surface area (Å²) in [4.78, 5) is 28.8. The Labute approximate surface area is 197 Å². The van der Waals surface area contributed by atoms with Crippen LogP contribution in [0, 0.1) is 0 Å². The summed E-state index contributed by atoms with van der Waals surface area (Å²) in [7, 11) is 1.76. The molecule has 0 saturated carbocycles. The van der Waals surface area contributed by atoms with E-state index in [1.54, 1.807) is 52.9 Å². The summed E-state index contributed by atoms with van der Waals surface area (Å²) in [5.41, 5.74) is 1.21. The SMILES string of the molecule is Cn1c2cc(Cl)ccc2c2c(C(=O)N3CCOCC3)nn(-c3cc(Cl)cc(Cl)c3)c(=O)c21. The Morgan fingerprint density at radius 3 is 2.38 bits per heavy atom. The van der Waals surface area contributed by atoms with Gasteiger partial charge in [-0.25, -0.2) is 0 Å². The molecule has 3 heterocycles. The summed E-state index contributed by atoms with van der Waals surface area (Å²) < 4.78 is 8.29. The third-order valence-electron chi connectivity index (χ3n) is 5.59. The van der Waals surface area contributed by atoms with Crippen molar-refractivity contribution < 1.29 is 9.53 Å². The first kappa shape index (κ1) is 21.3. The standard InChI is InChI=1S/C22H17Cl3N4O3/c1-27-17-11-12(23)2-3-16(17)18-19(21(30)28-4-6-32-7-5-28)26-29(22(31)20(18)27)15-9-13(24)8-14(25)10-15/h2-3,8-11H,4-7H2,1H3. The molecule has 0 aliphatic carbocycles. The molecule has 4 aromatic rings. The fourth-order valence-electron chi connectivity index (χ4n) is 4.10. The van der Waals surface area contributed by atoms with Crippen LogP contribution in [0.15, 0.2) is 41.2 Å². The van der Waals surface area contributed by atoms with E-state index in [1.165, 1.54) is 4.68 Å². The predicted molar refractivity (Wildman–Crippen MR) is 126 cm³/mol. The van der Waals surface area contributed by atoms with Gasteiger partial charge in [-0.15, -0.1) is 0 Å². The third-order valence-corrected chi connectivity index (χ3v) is 6.26. The van der Waals surface area contributed by atoms with Gasteiger partial charge >= 0.3 is 0 Å². The smallest absolute Gasteiger partial charge is 0.296 e. The Kier molecular flexibility index (Phi) is 5.37. The second-order valence-electron chi connectivity index (χ2n) is 7.54. The van der Waals surface area contributed by atoms with Crippen LogP contribution in [0.25, 0.3) is 27.5 Å². The molecule has 10 heteroatoms. The van der Waals surface area contributed by atoms with E-state index in [2.05, 4.69) is 5.10 Å². The Morgan fingerprint density at radius 2 is 1.69 bits per heavy atom. The topological polar surface area (TPSA) is 69.4 Å². The molecule has 0 bridgehead atoms. The van der Waals surface area contributed by atoms with Crippen molar-refractivity contribution in [1.29, 1.82) is 0 Å². The summed E-state index contributed by atoms with van der Waals surface area (Å²) in [6.07, 6.45) is 0. The van der Waals surface area contributed by atoms with Crippen LogP contribution in [0.5, 0.6) is 0 Å². The van der Waals surface area contributed by atoms with E-state index in [0.717, 1.165) is 10.9 Å². The van der Waals surface area contributed by atoms with E-state index >= 15 is 0 Å². The van der Waals surface area contributed by atoms with Crippen LogP contribution < -0.4 is 5.56 Å². The Morgan fingerprint density at radius 1 is 1.00 bits per heavy atom. The molecular formula is C22H17Cl3N4O3. The minimum Gasteiger partial charge on any atom is -0.378 e. The maximum atomic E-state index is 13.6. The molecule has 0 atom stereocenters. The monoisotopic (exact) mass is 490 g/mol.